The van der Waals surface area contributed by atoms with E-state index in [0.717, 1.165) is 25.7 Å². The van der Waals surface area contributed by atoms with Crippen LogP contribution in [0, 0.1) is 0 Å². The Hall–Kier alpha value is -1.55. The van der Waals surface area contributed by atoms with Gasteiger partial charge in [-0.05, 0) is 18.9 Å². The van der Waals surface area contributed by atoms with E-state index < -0.39 is 0 Å². The first-order chi connectivity index (χ1) is 9.15. The number of rotatable bonds is 4. The number of nitrogens with one attached hydrogen (secondary N) is 1. The van der Waals surface area contributed by atoms with Crippen LogP contribution in [0.3, 0.4) is 0 Å². The largest absolute Gasteiger partial charge is 0.508 e. The van der Waals surface area contributed by atoms with Gasteiger partial charge in [0.2, 0.25) is 5.91 Å². The Morgan fingerprint density at radius 2 is 1.95 bits per heavy atom. The zero-order chi connectivity index (χ0) is 13.7. The van der Waals surface area contributed by atoms with E-state index in [0.29, 0.717) is 12.1 Å². The van der Waals surface area contributed by atoms with Crippen LogP contribution in [-0.2, 0) is 11.2 Å². The monoisotopic (exact) mass is 262 g/mol. The Kier molecular flexibility index (Phi) is 4.43. The van der Waals surface area contributed by atoms with E-state index in [4.69, 9.17) is 5.73 Å². The predicted molar refractivity (Wildman–Crippen MR) is 74.8 cm³/mol. The van der Waals surface area contributed by atoms with Gasteiger partial charge < -0.3 is 16.2 Å². The summed E-state index contributed by atoms with van der Waals surface area (Å²) in [4.78, 5) is 12.1. The molecular formula is C15H22N2O2. The SMILES string of the molecule is NCC1(NC(=O)Cc2ccccc2O)CCCCC1. The summed E-state index contributed by atoms with van der Waals surface area (Å²) >= 11 is 0. The maximum absolute atomic E-state index is 12.1. The average molecular weight is 262 g/mol. The lowest BCUT2D eigenvalue weighted by molar-refractivity contribution is -0.122. The summed E-state index contributed by atoms with van der Waals surface area (Å²) in [6.07, 6.45) is 5.57. The van der Waals surface area contributed by atoms with Gasteiger partial charge >= 0.3 is 0 Å². The smallest absolute Gasteiger partial charge is 0.225 e. The van der Waals surface area contributed by atoms with E-state index in [1.165, 1.54) is 6.42 Å². The van der Waals surface area contributed by atoms with Gasteiger partial charge in [-0.25, -0.2) is 0 Å². The molecule has 0 radical (unpaired) electrons. The third-order valence-corrected chi connectivity index (χ3v) is 3.95. The van der Waals surface area contributed by atoms with Crippen LogP contribution in [0.1, 0.15) is 37.7 Å². The molecule has 0 heterocycles. The number of hydrogen-bond acceptors (Lipinski definition) is 3. The molecule has 0 bridgehead atoms. The first kappa shape index (κ1) is 13.9. The van der Waals surface area contributed by atoms with Crippen LogP contribution in [-0.4, -0.2) is 23.1 Å². The number of para-hydroxylation sites is 1. The Morgan fingerprint density at radius 1 is 1.26 bits per heavy atom. The Labute approximate surface area is 114 Å². The molecule has 1 amide bonds. The lowest BCUT2D eigenvalue weighted by atomic mass is 9.81. The predicted octanol–water partition coefficient (Wildman–Crippen LogP) is 1.71. The van der Waals surface area contributed by atoms with Crippen LogP contribution in [0.25, 0.3) is 0 Å². The van der Waals surface area contributed by atoms with Gasteiger partial charge in [0.1, 0.15) is 5.75 Å². The minimum atomic E-state index is -0.236. The van der Waals surface area contributed by atoms with Gasteiger partial charge in [-0.2, -0.15) is 0 Å². The molecule has 1 aromatic carbocycles. The summed E-state index contributed by atoms with van der Waals surface area (Å²) < 4.78 is 0. The molecule has 4 heteroatoms. The number of carbonyl (C=O) groups excluding carboxylic acids is 1. The highest BCUT2D eigenvalue weighted by molar-refractivity contribution is 5.80. The van der Waals surface area contributed by atoms with Crippen molar-refractivity contribution < 1.29 is 9.90 Å². The van der Waals surface area contributed by atoms with Gasteiger partial charge in [0, 0.05) is 12.1 Å². The molecule has 0 spiro atoms. The minimum absolute atomic E-state index is 0.0613. The standard InChI is InChI=1S/C15H22N2O2/c16-11-15(8-4-1-5-9-15)17-14(19)10-12-6-2-3-7-13(12)18/h2-3,6-7,18H,1,4-5,8-11,16H2,(H,17,19). The zero-order valence-corrected chi connectivity index (χ0v) is 11.2. The summed E-state index contributed by atoms with van der Waals surface area (Å²) in [7, 11) is 0. The highest BCUT2D eigenvalue weighted by Crippen LogP contribution is 2.27. The molecule has 19 heavy (non-hydrogen) atoms. The summed E-state index contributed by atoms with van der Waals surface area (Å²) in [6.45, 7) is 0.486. The van der Waals surface area contributed by atoms with Crippen molar-refractivity contribution in [3.8, 4) is 5.75 Å². The van der Waals surface area contributed by atoms with E-state index in [-0.39, 0.29) is 23.6 Å². The lowest BCUT2D eigenvalue weighted by Crippen LogP contribution is -2.55. The number of aromatic hydroxyl groups is 1. The van der Waals surface area contributed by atoms with E-state index in [2.05, 4.69) is 5.32 Å². The Bertz CT molecular complexity index is 440. The molecule has 1 aliphatic carbocycles. The van der Waals surface area contributed by atoms with Crippen molar-refractivity contribution in [2.75, 3.05) is 6.54 Å². The Balaban J connectivity index is 1.98. The third-order valence-electron chi connectivity index (χ3n) is 3.95. The van der Waals surface area contributed by atoms with E-state index in [1.807, 2.05) is 6.07 Å². The highest BCUT2D eigenvalue weighted by Gasteiger charge is 2.32. The third kappa shape index (κ3) is 3.47. The molecule has 2 rings (SSSR count). The normalized spacial score (nSPS) is 17.9. The fraction of sp³-hybridized carbons (Fsp3) is 0.533. The minimum Gasteiger partial charge on any atom is -0.508 e. The topological polar surface area (TPSA) is 75.3 Å². The number of benzene rings is 1. The van der Waals surface area contributed by atoms with Crippen molar-refractivity contribution in [2.45, 2.75) is 44.1 Å². The number of phenols is 1. The van der Waals surface area contributed by atoms with Crippen LogP contribution in [0.5, 0.6) is 5.75 Å². The van der Waals surface area contributed by atoms with Crippen molar-refractivity contribution in [1.29, 1.82) is 0 Å². The molecule has 104 valence electrons. The van der Waals surface area contributed by atoms with Gasteiger partial charge in [0.25, 0.3) is 0 Å². The van der Waals surface area contributed by atoms with Crippen molar-refractivity contribution in [3.05, 3.63) is 29.8 Å². The fourth-order valence-corrected chi connectivity index (χ4v) is 2.78. The van der Waals surface area contributed by atoms with Crippen molar-refractivity contribution in [2.24, 2.45) is 5.73 Å². The molecule has 4 N–H and O–H groups in total. The van der Waals surface area contributed by atoms with Gasteiger partial charge in [0.05, 0.1) is 12.0 Å². The first-order valence-electron chi connectivity index (χ1n) is 6.93. The summed E-state index contributed by atoms with van der Waals surface area (Å²) in [5, 5.41) is 12.8. The van der Waals surface area contributed by atoms with Crippen LogP contribution in [0.2, 0.25) is 0 Å². The van der Waals surface area contributed by atoms with Gasteiger partial charge in [-0.1, -0.05) is 37.5 Å². The Morgan fingerprint density at radius 3 is 2.58 bits per heavy atom. The second kappa shape index (κ2) is 6.06. The van der Waals surface area contributed by atoms with Crippen LogP contribution in [0.15, 0.2) is 24.3 Å². The number of amides is 1. The molecule has 1 saturated carbocycles. The molecule has 1 fully saturated rings. The fourth-order valence-electron chi connectivity index (χ4n) is 2.78. The number of phenolic OH excluding ortho intramolecular Hbond substituents is 1. The molecule has 1 aromatic rings. The van der Waals surface area contributed by atoms with Crippen molar-refractivity contribution >= 4 is 5.91 Å². The second-order valence-corrected chi connectivity index (χ2v) is 5.40. The maximum Gasteiger partial charge on any atom is 0.225 e. The van der Waals surface area contributed by atoms with Gasteiger partial charge in [-0.15, -0.1) is 0 Å². The van der Waals surface area contributed by atoms with E-state index in [1.54, 1.807) is 18.2 Å². The quantitative estimate of drug-likeness (QED) is 0.773. The number of carbonyl (C=O) groups is 1. The zero-order valence-electron chi connectivity index (χ0n) is 11.2. The highest BCUT2D eigenvalue weighted by atomic mass is 16.3. The average Bonchev–Trinajstić information content (AvgIpc) is 2.42. The molecule has 0 atom stereocenters. The summed E-state index contributed by atoms with van der Waals surface area (Å²) in [6, 6.07) is 6.94. The molecule has 0 aliphatic heterocycles. The molecule has 1 aliphatic rings. The second-order valence-electron chi connectivity index (χ2n) is 5.40. The van der Waals surface area contributed by atoms with Gasteiger partial charge in [-0.3, -0.25) is 4.79 Å². The van der Waals surface area contributed by atoms with E-state index >= 15 is 0 Å². The molecule has 0 saturated heterocycles. The van der Waals surface area contributed by atoms with E-state index in [9.17, 15) is 9.90 Å². The maximum atomic E-state index is 12.1. The molecular weight excluding hydrogens is 240 g/mol. The number of hydrogen-bond donors (Lipinski definition) is 3. The van der Waals surface area contributed by atoms with Crippen LogP contribution in [0.4, 0.5) is 0 Å². The summed E-state index contributed by atoms with van der Waals surface area (Å²) in [5.74, 6) is 0.108. The van der Waals surface area contributed by atoms with Crippen LogP contribution < -0.4 is 11.1 Å². The number of nitrogens with two attached hydrogens (primary N) is 1. The molecule has 0 unspecified atom stereocenters. The summed E-state index contributed by atoms with van der Waals surface area (Å²) in [5.41, 5.74) is 6.26. The van der Waals surface area contributed by atoms with Crippen molar-refractivity contribution in [3.63, 3.8) is 0 Å². The lowest BCUT2D eigenvalue weighted by Gasteiger charge is -2.37. The van der Waals surface area contributed by atoms with Crippen molar-refractivity contribution in [1.82, 2.24) is 5.32 Å². The molecule has 4 nitrogen and oxygen atoms in total. The van der Waals surface area contributed by atoms with Gasteiger partial charge in [0.15, 0.2) is 0 Å². The molecule has 0 aromatic heterocycles. The van der Waals surface area contributed by atoms with Crippen LogP contribution >= 0.6 is 0 Å². The first-order valence-corrected chi connectivity index (χ1v) is 6.93.